The lowest BCUT2D eigenvalue weighted by Gasteiger charge is -2.18. The van der Waals surface area contributed by atoms with Crippen molar-refractivity contribution >= 4 is 29.3 Å². The number of methoxy groups -OCH3 is 1. The van der Waals surface area contributed by atoms with Gasteiger partial charge in [0.2, 0.25) is 0 Å². The maximum atomic E-state index is 11.2. The van der Waals surface area contributed by atoms with Crippen molar-refractivity contribution in [1.82, 2.24) is 0 Å². The zero-order valence-electron chi connectivity index (χ0n) is 14.0. The second-order valence-corrected chi connectivity index (χ2v) is 7.22. The number of hydrogen-bond donors (Lipinski definition) is 1. The number of carbonyl (C=O) groups excluding carboxylic acids is 1. The molecule has 4 nitrogen and oxygen atoms in total. The average Bonchev–Trinajstić information content (AvgIpc) is 2.58. The molecule has 24 heavy (non-hydrogen) atoms. The Labute approximate surface area is 153 Å². The number of halogens is 1. The summed E-state index contributed by atoms with van der Waals surface area (Å²) in [5.41, 5.74) is -0.447. The molecule has 0 aliphatic heterocycles. The van der Waals surface area contributed by atoms with Crippen molar-refractivity contribution in [2.45, 2.75) is 44.1 Å². The molecule has 1 rings (SSSR count). The van der Waals surface area contributed by atoms with Gasteiger partial charge in [-0.3, -0.25) is 4.79 Å². The number of aryl methyl sites for hydroxylation is 1. The molecule has 1 N–H and O–H groups in total. The van der Waals surface area contributed by atoms with E-state index in [1.165, 1.54) is 24.4 Å². The summed E-state index contributed by atoms with van der Waals surface area (Å²) in [6, 6.07) is 9.71. The van der Waals surface area contributed by atoms with E-state index in [1.807, 2.05) is 18.2 Å². The van der Waals surface area contributed by atoms with Crippen LogP contribution in [0.3, 0.4) is 0 Å². The van der Waals surface area contributed by atoms with Crippen LogP contribution in [0, 0.1) is 11.3 Å². The summed E-state index contributed by atoms with van der Waals surface area (Å²) in [7, 11) is 1.25. The van der Waals surface area contributed by atoms with Gasteiger partial charge in [0.05, 0.1) is 19.6 Å². The third kappa shape index (κ3) is 8.05. The van der Waals surface area contributed by atoms with Crippen molar-refractivity contribution in [3.05, 3.63) is 34.9 Å². The normalized spacial score (nSPS) is 13.1. The van der Waals surface area contributed by atoms with Gasteiger partial charge in [-0.25, -0.2) is 0 Å². The Morgan fingerprint density at radius 2 is 2.04 bits per heavy atom. The summed E-state index contributed by atoms with van der Waals surface area (Å²) in [4.78, 5) is 11.2. The van der Waals surface area contributed by atoms with E-state index >= 15 is 0 Å². The van der Waals surface area contributed by atoms with E-state index < -0.39 is 11.6 Å². The second-order valence-electron chi connectivity index (χ2n) is 5.70. The Morgan fingerprint density at radius 1 is 1.33 bits per heavy atom. The van der Waals surface area contributed by atoms with Crippen LogP contribution in [0.5, 0.6) is 0 Å². The van der Waals surface area contributed by atoms with Crippen LogP contribution in [0.4, 0.5) is 0 Å². The van der Waals surface area contributed by atoms with Gasteiger partial charge in [-0.05, 0) is 36.6 Å². The molecule has 0 heterocycles. The van der Waals surface area contributed by atoms with Crippen molar-refractivity contribution < 1.29 is 14.6 Å². The smallest absolute Gasteiger partial charge is 0.309 e. The SMILES string of the molecule is COC(=O)CC(O)(C#N)CSCCCCCCc1ccccc1Cl. The van der Waals surface area contributed by atoms with Crippen LogP contribution in [0.15, 0.2) is 24.3 Å². The minimum atomic E-state index is -1.64. The van der Waals surface area contributed by atoms with Crippen molar-refractivity contribution in [2.24, 2.45) is 0 Å². The number of esters is 1. The first-order valence-corrected chi connectivity index (χ1v) is 9.55. The zero-order valence-corrected chi connectivity index (χ0v) is 15.5. The van der Waals surface area contributed by atoms with Crippen LogP contribution in [-0.4, -0.2) is 35.3 Å². The number of nitrogens with zero attached hydrogens (tertiary/aromatic N) is 1. The molecule has 1 aromatic carbocycles. The van der Waals surface area contributed by atoms with Crippen LogP contribution in [0.25, 0.3) is 0 Å². The number of thioether (sulfide) groups is 1. The highest BCUT2D eigenvalue weighted by Crippen LogP contribution is 2.20. The number of benzene rings is 1. The maximum Gasteiger partial charge on any atom is 0.309 e. The second kappa shape index (κ2) is 11.4. The van der Waals surface area contributed by atoms with Gasteiger partial charge in [-0.2, -0.15) is 17.0 Å². The van der Waals surface area contributed by atoms with Crippen molar-refractivity contribution in [1.29, 1.82) is 5.26 Å². The van der Waals surface area contributed by atoms with Gasteiger partial charge in [-0.1, -0.05) is 42.6 Å². The molecule has 132 valence electrons. The fraction of sp³-hybridized carbons (Fsp3) is 0.556. The topological polar surface area (TPSA) is 70.3 Å². The largest absolute Gasteiger partial charge is 0.469 e. The quantitative estimate of drug-likeness (QED) is 0.362. The highest BCUT2D eigenvalue weighted by atomic mass is 35.5. The van der Waals surface area contributed by atoms with Crippen molar-refractivity contribution in [2.75, 3.05) is 18.6 Å². The molecule has 1 aromatic rings. The molecule has 0 bridgehead atoms. The predicted octanol–water partition coefficient (Wildman–Crippen LogP) is 3.99. The van der Waals surface area contributed by atoms with Gasteiger partial charge in [0.25, 0.3) is 0 Å². The highest BCUT2D eigenvalue weighted by Gasteiger charge is 2.30. The van der Waals surface area contributed by atoms with Gasteiger partial charge in [-0.15, -0.1) is 0 Å². The first-order chi connectivity index (χ1) is 11.5. The van der Waals surface area contributed by atoms with Crippen molar-refractivity contribution in [3.8, 4) is 6.07 Å². The number of rotatable bonds is 11. The van der Waals surface area contributed by atoms with Gasteiger partial charge in [0, 0.05) is 10.8 Å². The van der Waals surface area contributed by atoms with Gasteiger partial charge >= 0.3 is 5.97 Å². The number of carbonyl (C=O) groups is 1. The van der Waals surface area contributed by atoms with Gasteiger partial charge in [0.1, 0.15) is 0 Å². The molecule has 0 aliphatic carbocycles. The molecule has 0 saturated heterocycles. The summed E-state index contributed by atoms with van der Waals surface area (Å²) >= 11 is 7.61. The number of nitriles is 1. The fourth-order valence-electron chi connectivity index (χ4n) is 2.25. The molecular formula is C18H24ClNO3S. The summed E-state index contributed by atoms with van der Waals surface area (Å²) < 4.78 is 4.50. The molecule has 6 heteroatoms. The van der Waals surface area contributed by atoms with Crippen LogP contribution >= 0.6 is 23.4 Å². The first kappa shape index (κ1) is 20.8. The number of ether oxygens (including phenoxy) is 1. The van der Waals surface area contributed by atoms with E-state index in [-0.39, 0.29) is 12.2 Å². The van der Waals surface area contributed by atoms with E-state index in [2.05, 4.69) is 10.8 Å². The minimum Gasteiger partial charge on any atom is -0.469 e. The molecule has 0 saturated carbocycles. The van der Waals surface area contributed by atoms with Crippen LogP contribution in [0.1, 0.15) is 37.7 Å². The molecule has 0 spiro atoms. The van der Waals surface area contributed by atoms with E-state index in [9.17, 15) is 9.90 Å². The summed E-state index contributed by atoms with van der Waals surface area (Å²) in [5, 5.41) is 19.8. The molecule has 0 aromatic heterocycles. The lowest BCUT2D eigenvalue weighted by atomic mass is 10.1. The Balaban J connectivity index is 2.10. The molecule has 1 unspecified atom stereocenters. The summed E-state index contributed by atoms with van der Waals surface area (Å²) in [6.45, 7) is 0. The van der Waals surface area contributed by atoms with Crippen LogP contribution < -0.4 is 0 Å². The summed E-state index contributed by atoms with van der Waals surface area (Å²) in [5.74, 6) is 0.509. The first-order valence-electron chi connectivity index (χ1n) is 8.02. The monoisotopic (exact) mass is 369 g/mol. The Kier molecular flexibility index (Phi) is 9.85. The third-order valence-electron chi connectivity index (χ3n) is 3.66. The van der Waals surface area contributed by atoms with E-state index in [0.717, 1.165) is 42.9 Å². The van der Waals surface area contributed by atoms with E-state index in [1.54, 1.807) is 6.07 Å². The third-order valence-corrected chi connectivity index (χ3v) is 5.28. The van der Waals surface area contributed by atoms with E-state index in [4.69, 9.17) is 16.9 Å². The Bertz CT molecular complexity index is 561. The standard InChI is InChI=1S/C18H24ClNO3S/c1-23-17(21)12-18(22,13-20)14-24-11-7-3-2-4-8-15-9-5-6-10-16(15)19/h5-6,9-10,22H,2-4,7-8,11-12,14H2,1H3. The molecule has 1 atom stereocenters. The maximum absolute atomic E-state index is 11.2. The lowest BCUT2D eigenvalue weighted by molar-refractivity contribution is -0.143. The number of hydrogen-bond acceptors (Lipinski definition) is 5. The molecule has 0 fully saturated rings. The minimum absolute atomic E-state index is 0.220. The van der Waals surface area contributed by atoms with E-state index in [0.29, 0.717) is 0 Å². The van der Waals surface area contributed by atoms with Crippen LogP contribution in [0.2, 0.25) is 5.02 Å². The van der Waals surface area contributed by atoms with Crippen LogP contribution in [-0.2, 0) is 16.0 Å². The van der Waals surface area contributed by atoms with Gasteiger partial charge < -0.3 is 9.84 Å². The fourth-order valence-corrected chi connectivity index (χ4v) is 3.54. The molecule has 0 amide bonds. The zero-order chi connectivity index (χ0) is 17.8. The molecular weight excluding hydrogens is 346 g/mol. The molecule has 0 radical (unpaired) electrons. The average molecular weight is 370 g/mol. The van der Waals surface area contributed by atoms with Gasteiger partial charge in [0.15, 0.2) is 5.60 Å². The summed E-state index contributed by atoms with van der Waals surface area (Å²) in [6.07, 6.45) is 5.03. The Hall–Kier alpha value is -1.22. The number of aliphatic hydroxyl groups is 1. The number of unbranched alkanes of at least 4 members (excludes halogenated alkanes) is 3. The predicted molar refractivity (Wildman–Crippen MR) is 98.1 cm³/mol. The molecule has 0 aliphatic rings. The highest BCUT2D eigenvalue weighted by molar-refractivity contribution is 7.99. The lowest BCUT2D eigenvalue weighted by Crippen LogP contribution is -2.33. The Morgan fingerprint density at radius 3 is 2.71 bits per heavy atom. The van der Waals surface area contributed by atoms with Crippen molar-refractivity contribution in [3.63, 3.8) is 0 Å².